The molecule has 1 unspecified atom stereocenters. The summed E-state index contributed by atoms with van der Waals surface area (Å²) in [5.74, 6) is 0.560. The maximum atomic E-state index is 11.6. The molecule has 1 aromatic rings. The summed E-state index contributed by atoms with van der Waals surface area (Å²) in [4.78, 5) is 16.3. The van der Waals surface area contributed by atoms with E-state index in [0.717, 1.165) is 5.01 Å². The van der Waals surface area contributed by atoms with Crippen LogP contribution in [0.4, 0.5) is 0 Å². The Morgan fingerprint density at radius 1 is 1.80 bits per heavy atom. The highest BCUT2D eigenvalue weighted by Crippen LogP contribution is 2.31. The zero-order chi connectivity index (χ0) is 10.8. The van der Waals surface area contributed by atoms with Crippen LogP contribution >= 0.6 is 11.3 Å². The van der Waals surface area contributed by atoms with E-state index in [1.165, 1.54) is 24.2 Å². The molecule has 82 valence electrons. The lowest BCUT2D eigenvalue weighted by molar-refractivity contribution is 0.0954. The minimum atomic E-state index is -0.0586. The van der Waals surface area contributed by atoms with Gasteiger partial charge in [0.05, 0.1) is 11.2 Å². The summed E-state index contributed by atoms with van der Waals surface area (Å²) in [6.07, 6.45) is 4.02. The second-order valence-corrected chi connectivity index (χ2v) is 5.19. The molecule has 0 aromatic carbocycles. The average molecular weight is 225 g/mol. The van der Waals surface area contributed by atoms with E-state index < -0.39 is 0 Å². The highest BCUT2D eigenvalue weighted by Gasteiger charge is 2.28. The summed E-state index contributed by atoms with van der Waals surface area (Å²) in [7, 11) is 0. The fraction of sp³-hybridized carbons (Fsp3) is 0.600. The molecule has 1 aliphatic rings. The van der Waals surface area contributed by atoms with E-state index in [9.17, 15) is 4.79 Å². The summed E-state index contributed by atoms with van der Waals surface area (Å²) in [6.45, 7) is 2.46. The van der Waals surface area contributed by atoms with Crippen molar-refractivity contribution in [2.45, 2.75) is 25.8 Å². The summed E-state index contributed by atoms with van der Waals surface area (Å²) in [5, 5.41) is 3.75. The first-order valence-corrected chi connectivity index (χ1v) is 5.94. The van der Waals surface area contributed by atoms with Crippen molar-refractivity contribution in [3.8, 4) is 0 Å². The monoisotopic (exact) mass is 225 g/mol. The number of hydrogen-bond donors (Lipinski definition) is 2. The van der Waals surface area contributed by atoms with E-state index >= 15 is 0 Å². The van der Waals surface area contributed by atoms with Crippen LogP contribution in [0.2, 0.25) is 0 Å². The Morgan fingerprint density at radius 2 is 2.53 bits per heavy atom. The fourth-order valence-corrected chi connectivity index (χ4v) is 2.15. The quantitative estimate of drug-likeness (QED) is 0.800. The summed E-state index contributed by atoms with van der Waals surface area (Å²) >= 11 is 1.41. The lowest BCUT2D eigenvalue weighted by Crippen LogP contribution is -2.38. The van der Waals surface area contributed by atoms with Crippen LogP contribution in [0.15, 0.2) is 6.20 Å². The average Bonchev–Trinajstić information content (AvgIpc) is 2.97. The Kier molecular flexibility index (Phi) is 3.02. The van der Waals surface area contributed by atoms with E-state index in [1.807, 2.05) is 6.92 Å². The smallest absolute Gasteiger partial charge is 0.263 e. The van der Waals surface area contributed by atoms with Gasteiger partial charge in [0.2, 0.25) is 0 Å². The van der Waals surface area contributed by atoms with Gasteiger partial charge in [0, 0.05) is 12.6 Å². The van der Waals surface area contributed by atoms with Gasteiger partial charge in [-0.15, -0.1) is 11.3 Å². The number of carbonyl (C=O) groups is 1. The van der Waals surface area contributed by atoms with Gasteiger partial charge in [-0.3, -0.25) is 4.79 Å². The Bertz CT molecular complexity index is 359. The molecular weight excluding hydrogens is 210 g/mol. The highest BCUT2D eigenvalue weighted by atomic mass is 32.1. The Morgan fingerprint density at radius 3 is 3.07 bits per heavy atom. The van der Waals surface area contributed by atoms with Crippen molar-refractivity contribution in [1.29, 1.82) is 0 Å². The minimum Gasteiger partial charge on any atom is -0.350 e. The van der Waals surface area contributed by atoms with Crippen molar-refractivity contribution < 1.29 is 4.79 Å². The van der Waals surface area contributed by atoms with Crippen LogP contribution in [0.1, 0.15) is 27.5 Å². The van der Waals surface area contributed by atoms with E-state index in [-0.39, 0.29) is 11.9 Å². The molecule has 0 bridgehead atoms. The normalized spacial score (nSPS) is 17.5. The molecule has 3 N–H and O–H groups in total. The second kappa shape index (κ2) is 4.28. The van der Waals surface area contributed by atoms with Crippen LogP contribution in [0, 0.1) is 12.8 Å². The van der Waals surface area contributed by atoms with Crippen molar-refractivity contribution in [3.63, 3.8) is 0 Å². The van der Waals surface area contributed by atoms with E-state index in [0.29, 0.717) is 17.3 Å². The number of hydrogen-bond acceptors (Lipinski definition) is 4. The van der Waals surface area contributed by atoms with Gasteiger partial charge in [-0.25, -0.2) is 4.98 Å². The summed E-state index contributed by atoms with van der Waals surface area (Å²) in [6, 6.07) is 0.114. The molecule has 1 heterocycles. The molecule has 5 heteroatoms. The maximum absolute atomic E-state index is 11.6. The van der Waals surface area contributed by atoms with Gasteiger partial charge in [-0.05, 0) is 25.7 Å². The molecule has 0 aliphatic heterocycles. The number of nitrogens with one attached hydrogen (secondary N) is 1. The van der Waals surface area contributed by atoms with Crippen LogP contribution in [0.25, 0.3) is 0 Å². The van der Waals surface area contributed by atoms with Crippen LogP contribution in [-0.4, -0.2) is 23.5 Å². The number of nitrogens with two attached hydrogens (primary N) is 1. The molecule has 0 saturated heterocycles. The van der Waals surface area contributed by atoms with Crippen LogP contribution in [-0.2, 0) is 0 Å². The fourth-order valence-electron chi connectivity index (χ4n) is 1.46. The molecule has 0 spiro atoms. The van der Waals surface area contributed by atoms with Gasteiger partial charge < -0.3 is 11.1 Å². The standard InChI is InChI=1S/C10H15N3OS/c1-6-12-5-9(15-6)10(14)13-4-8(11)7-2-3-7/h5,7-8H,2-4,11H2,1H3,(H,13,14). The number of carbonyl (C=O) groups excluding carboxylic acids is 1. The van der Waals surface area contributed by atoms with Crippen molar-refractivity contribution in [3.05, 3.63) is 16.1 Å². The van der Waals surface area contributed by atoms with Gasteiger partial charge in [-0.2, -0.15) is 0 Å². The number of nitrogens with zero attached hydrogens (tertiary/aromatic N) is 1. The minimum absolute atomic E-state index is 0.0586. The van der Waals surface area contributed by atoms with E-state index in [2.05, 4.69) is 10.3 Å². The molecule has 1 aromatic heterocycles. The van der Waals surface area contributed by atoms with E-state index in [4.69, 9.17) is 5.73 Å². The van der Waals surface area contributed by atoms with Gasteiger partial charge in [-0.1, -0.05) is 0 Å². The first-order valence-electron chi connectivity index (χ1n) is 5.13. The largest absolute Gasteiger partial charge is 0.350 e. The number of aryl methyl sites for hydroxylation is 1. The lowest BCUT2D eigenvalue weighted by atomic mass is 10.2. The van der Waals surface area contributed by atoms with Gasteiger partial charge >= 0.3 is 0 Å². The first-order chi connectivity index (χ1) is 7.16. The van der Waals surface area contributed by atoms with Gasteiger partial charge in [0.1, 0.15) is 4.88 Å². The number of thiazole rings is 1. The third-order valence-corrected chi connectivity index (χ3v) is 3.48. The highest BCUT2D eigenvalue weighted by molar-refractivity contribution is 7.13. The van der Waals surface area contributed by atoms with Crippen molar-refractivity contribution in [1.82, 2.24) is 10.3 Å². The Labute approximate surface area is 92.9 Å². The molecule has 1 saturated carbocycles. The third kappa shape index (κ3) is 2.76. The van der Waals surface area contributed by atoms with Gasteiger partial charge in [0.15, 0.2) is 0 Å². The van der Waals surface area contributed by atoms with Crippen molar-refractivity contribution >= 4 is 17.2 Å². The van der Waals surface area contributed by atoms with Crippen molar-refractivity contribution in [2.24, 2.45) is 11.7 Å². The van der Waals surface area contributed by atoms with Crippen LogP contribution in [0.5, 0.6) is 0 Å². The molecule has 4 nitrogen and oxygen atoms in total. The zero-order valence-corrected chi connectivity index (χ0v) is 9.51. The maximum Gasteiger partial charge on any atom is 0.263 e. The molecule has 15 heavy (non-hydrogen) atoms. The first kappa shape index (κ1) is 10.6. The molecule has 1 amide bonds. The Hall–Kier alpha value is -0.940. The SMILES string of the molecule is Cc1ncc(C(=O)NCC(N)C2CC2)s1. The molecule has 2 rings (SSSR count). The van der Waals surface area contributed by atoms with Crippen LogP contribution in [0.3, 0.4) is 0 Å². The predicted molar refractivity (Wildman–Crippen MR) is 59.9 cm³/mol. The van der Waals surface area contributed by atoms with Crippen molar-refractivity contribution in [2.75, 3.05) is 6.54 Å². The lowest BCUT2D eigenvalue weighted by Gasteiger charge is -2.10. The Balaban J connectivity index is 1.81. The molecular formula is C10H15N3OS. The summed E-state index contributed by atoms with van der Waals surface area (Å²) < 4.78 is 0. The van der Waals surface area contributed by atoms with E-state index in [1.54, 1.807) is 6.20 Å². The molecule has 1 fully saturated rings. The topological polar surface area (TPSA) is 68.0 Å². The zero-order valence-electron chi connectivity index (χ0n) is 8.69. The second-order valence-electron chi connectivity index (χ2n) is 3.95. The number of aromatic nitrogens is 1. The molecule has 0 radical (unpaired) electrons. The third-order valence-electron chi connectivity index (χ3n) is 2.57. The summed E-state index contributed by atoms with van der Waals surface area (Å²) in [5.41, 5.74) is 5.88. The van der Waals surface area contributed by atoms with Crippen LogP contribution < -0.4 is 11.1 Å². The number of amides is 1. The van der Waals surface area contributed by atoms with Gasteiger partial charge in [0.25, 0.3) is 5.91 Å². The number of rotatable bonds is 4. The predicted octanol–water partition coefficient (Wildman–Crippen LogP) is 0.919. The molecule has 1 aliphatic carbocycles. The molecule has 1 atom stereocenters.